The first-order valence-electron chi connectivity index (χ1n) is 10.0. The Labute approximate surface area is 178 Å². The Balaban J connectivity index is 1.63. The van der Waals surface area contributed by atoms with Gasteiger partial charge in [-0.2, -0.15) is 0 Å². The molecule has 0 radical (unpaired) electrons. The number of hydrogen-bond acceptors (Lipinski definition) is 2. The van der Waals surface area contributed by atoms with E-state index < -0.39 is 0 Å². The molecule has 0 unspecified atom stereocenters. The van der Waals surface area contributed by atoms with Crippen molar-refractivity contribution < 1.29 is 9.59 Å². The van der Waals surface area contributed by atoms with Gasteiger partial charge in [-0.25, -0.2) is 0 Å². The number of hydrogen-bond donors (Lipinski definition) is 2. The molecule has 154 valence electrons. The van der Waals surface area contributed by atoms with Crippen LogP contribution in [0.5, 0.6) is 0 Å². The number of rotatable bonds is 4. The molecule has 0 aliphatic carbocycles. The molecule has 2 amide bonds. The van der Waals surface area contributed by atoms with E-state index in [0.29, 0.717) is 22.5 Å². The van der Waals surface area contributed by atoms with Gasteiger partial charge in [0.05, 0.1) is 0 Å². The highest BCUT2D eigenvalue weighted by atomic mass is 16.2. The maximum absolute atomic E-state index is 12.5. The summed E-state index contributed by atoms with van der Waals surface area (Å²) in [6.45, 7) is 10.4. The fourth-order valence-electron chi connectivity index (χ4n) is 3.05. The third-order valence-electron chi connectivity index (χ3n) is 5.18. The van der Waals surface area contributed by atoms with Crippen LogP contribution in [0.2, 0.25) is 0 Å². The van der Waals surface area contributed by atoms with E-state index in [2.05, 4.69) is 31.4 Å². The van der Waals surface area contributed by atoms with Crippen LogP contribution in [0.15, 0.2) is 66.7 Å². The van der Waals surface area contributed by atoms with Gasteiger partial charge in [-0.1, -0.05) is 39.0 Å². The summed E-state index contributed by atoms with van der Waals surface area (Å²) in [4.78, 5) is 24.9. The molecule has 0 saturated heterocycles. The first-order chi connectivity index (χ1) is 14.1. The third-order valence-corrected chi connectivity index (χ3v) is 5.18. The molecule has 4 nitrogen and oxygen atoms in total. The van der Waals surface area contributed by atoms with E-state index in [0.717, 1.165) is 11.1 Å². The van der Waals surface area contributed by atoms with E-state index in [4.69, 9.17) is 0 Å². The topological polar surface area (TPSA) is 58.2 Å². The molecule has 0 heterocycles. The molecule has 4 heteroatoms. The lowest BCUT2D eigenvalue weighted by atomic mass is 9.87. The quantitative estimate of drug-likeness (QED) is 0.555. The molecule has 0 aromatic heterocycles. The molecule has 0 saturated carbocycles. The van der Waals surface area contributed by atoms with Gasteiger partial charge in [0, 0.05) is 22.5 Å². The van der Waals surface area contributed by atoms with E-state index >= 15 is 0 Å². The number of benzene rings is 3. The van der Waals surface area contributed by atoms with Crippen molar-refractivity contribution in [2.75, 3.05) is 10.6 Å². The van der Waals surface area contributed by atoms with Crippen LogP contribution in [0.3, 0.4) is 0 Å². The Bertz CT molecular complexity index is 1060. The maximum Gasteiger partial charge on any atom is 0.255 e. The van der Waals surface area contributed by atoms with Gasteiger partial charge in [-0.05, 0) is 84.5 Å². The number of carbonyl (C=O) groups excluding carboxylic acids is 2. The molecule has 0 atom stereocenters. The number of nitrogens with one attached hydrogen (secondary N) is 2. The van der Waals surface area contributed by atoms with Gasteiger partial charge in [0.2, 0.25) is 0 Å². The lowest BCUT2D eigenvalue weighted by molar-refractivity contribution is 0.101. The van der Waals surface area contributed by atoms with Crippen molar-refractivity contribution in [2.45, 2.75) is 40.0 Å². The summed E-state index contributed by atoms with van der Waals surface area (Å²) in [7, 11) is 0. The third kappa shape index (κ3) is 5.15. The smallest absolute Gasteiger partial charge is 0.255 e. The molecule has 0 spiro atoms. The standard InChI is InChI=1S/C26H28N2O2/c1-17-6-7-20(16-18(17)2)25(30)28-23-14-12-22(13-15-23)27-24(29)19-8-10-21(11-9-19)26(3,4)5/h6-16H,1-5H3,(H,27,29)(H,28,30). The van der Waals surface area contributed by atoms with Gasteiger partial charge in [0.25, 0.3) is 11.8 Å². The van der Waals surface area contributed by atoms with E-state index in [1.54, 1.807) is 24.3 Å². The zero-order valence-electron chi connectivity index (χ0n) is 18.2. The molecule has 30 heavy (non-hydrogen) atoms. The fourth-order valence-corrected chi connectivity index (χ4v) is 3.05. The molecule has 0 aliphatic rings. The van der Waals surface area contributed by atoms with E-state index in [9.17, 15) is 9.59 Å². The monoisotopic (exact) mass is 400 g/mol. The minimum atomic E-state index is -0.164. The zero-order valence-corrected chi connectivity index (χ0v) is 18.2. The average Bonchev–Trinajstić information content (AvgIpc) is 2.71. The second kappa shape index (κ2) is 8.54. The van der Waals surface area contributed by atoms with Crippen LogP contribution in [0.4, 0.5) is 11.4 Å². The van der Waals surface area contributed by atoms with Crippen molar-refractivity contribution >= 4 is 23.2 Å². The van der Waals surface area contributed by atoms with E-state index in [1.807, 2.05) is 56.3 Å². The number of aryl methyl sites for hydroxylation is 2. The number of anilines is 2. The van der Waals surface area contributed by atoms with Gasteiger partial charge in [-0.15, -0.1) is 0 Å². The van der Waals surface area contributed by atoms with Crippen LogP contribution >= 0.6 is 0 Å². The zero-order chi connectivity index (χ0) is 21.9. The summed E-state index contributed by atoms with van der Waals surface area (Å²) in [5.74, 6) is -0.323. The van der Waals surface area contributed by atoms with E-state index in [-0.39, 0.29) is 17.2 Å². The average molecular weight is 401 g/mol. The SMILES string of the molecule is Cc1ccc(C(=O)Nc2ccc(NC(=O)c3ccc(C(C)(C)C)cc3)cc2)cc1C. The van der Waals surface area contributed by atoms with Crippen LogP contribution in [0.1, 0.15) is 58.2 Å². The summed E-state index contributed by atoms with van der Waals surface area (Å²) >= 11 is 0. The van der Waals surface area contributed by atoms with Gasteiger partial charge < -0.3 is 10.6 Å². The number of carbonyl (C=O) groups is 2. The Morgan fingerprint density at radius 2 is 1.10 bits per heavy atom. The maximum atomic E-state index is 12.5. The Hall–Kier alpha value is -3.40. The van der Waals surface area contributed by atoms with E-state index in [1.165, 1.54) is 5.56 Å². The molecule has 3 aromatic carbocycles. The second-order valence-electron chi connectivity index (χ2n) is 8.61. The minimum absolute atomic E-state index is 0.0482. The molecule has 0 aliphatic heterocycles. The van der Waals surface area contributed by atoms with Crippen molar-refractivity contribution in [3.63, 3.8) is 0 Å². The minimum Gasteiger partial charge on any atom is -0.322 e. The van der Waals surface area contributed by atoms with Crippen LogP contribution in [-0.2, 0) is 5.41 Å². The molecule has 0 fully saturated rings. The Morgan fingerprint density at radius 3 is 1.57 bits per heavy atom. The fraction of sp³-hybridized carbons (Fsp3) is 0.231. The van der Waals surface area contributed by atoms with Crippen molar-refractivity contribution in [3.05, 3.63) is 94.5 Å². The lowest BCUT2D eigenvalue weighted by Gasteiger charge is -2.19. The Kier molecular flexibility index (Phi) is 6.06. The molecule has 3 rings (SSSR count). The van der Waals surface area contributed by atoms with Gasteiger partial charge in [0.1, 0.15) is 0 Å². The normalized spacial score (nSPS) is 11.1. The van der Waals surface area contributed by atoms with Crippen molar-refractivity contribution in [2.24, 2.45) is 0 Å². The highest BCUT2D eigenvalue weighted by Crippen LogP contribution is 2.23. The van der Waals surface area contributed by atoms with Crippen LogP contribution in [-0.4, -0.2) is 11.8 Å². The largest absolute Gasteiger partial charge is 0.322 e. The predicted molar refractivity (Wildman–Crippen MR) is 123 cm³/mol. The molecular formula is C26H28N2O2. The van der Waals surface area contributed by atoms with Crippen LogP contribution in [0, 0.1) is 13.8 Å². The second-order valence-corrected chi connectivity index (χ2v) is 8.61. The van der Waals surface area contributed by atoms with Crippen molar-refractivity contribution in [3.8, 4) is 0 Å². The predicted octanol–water partition coefficient (Wildman–Crippen LogP) is 6.11. The molecular weight excluding hydrogens is 372 g/mol. The van der Waals surface area contributed by atoms with Crippen LogP contribution < -0.4 is 10.6 Å². The van der Waals surface area contributed by atoms with Crippen LogP contribution in [0.25, 0.3) is 0 Å². The summed E-state index contributed by atoms with van der Waals surface area (Å²) in [6.07, 6.45) is 0. The first-order valence-corrected chi connectivity index (χ1v) is 10.0. The summed E-state index contributed by atoms with van der Waals surface area (Å²) in [5, 5.41) is 5.78. The molecule has 3 aromatic rings. The summed E-state index contributed by atoms with van der Waals surface area (Å²) in [5.41, 5.74) is 6.03. The highest BCUT2D eigenvalue weighted by Gasteiger charge is 2.14. The first kappa shape index (κ1) is 21.3. The summed E-state index contributed by atoms with van der Waals surface area (Å²) in [6, 6.07) is 20.4. The summed E-state index contributed by atoms with van der Waals surface area (Å²) < 4.78 is 0. The van der Waals surface area contributed by atoms with Gasteiger partial charge in [0.15, 0.2) is 0 Å². The highest BCUT2D eigenvalue weighted by molar-refractivity contribution is 6.05. The lowest BCUT2D eigenvalue weighted by Crippen LogP contribution is -2.14. The number of amides is 2. The molecule has 2 N–H and O–H groups in total. The van der Waals surface area contributed by atoms with Gasteiger partial charge in [-0.3, -0.25) is 9.59 Å². The van der Waals surface area contributed by atoms with Crippen molar-refractivity contribution in [1.82, 2.24) is 0 Å². The molecule has 0 bridgehead atoms. The van der Waals surface area contributed by atoms with Crippen molar-refractivity contribution in [1.29, 1.82) is 0 Å². The Morgan fingerprint density at radius 1 is 0.633 bits per heavy atom. The van der Waals surface area contributed by atoms with Gasteiger partial charge >= 0.3 is 0 Å².